The molecule has 2 aromatic carbocycles. The first kappa shape index (κ1) is 14.7. The summed E-state index contributed by atoms with van der Waals surface area (Å²) < 4.78 is 0. The number of hydrogen-bond acceptors (Lipinski definition) is 3. The van der Waals surface area contributed by atoms with Crippen LogP contribution in [0.15, 0.2) is 48.5 Å². The van der Waals surface area contributed by atoms with Crippen molar-refractivity contribution in [1.82, 2.24) is 5.32 Å². The van der Waals surface area contributed by atoms with Gasteiger partial charge in [-0.25, -0.2) is 0 Å². The van der Waals surface area contributed by atoms with Gasteiger partial charge in [0.15, 0.2) is 0 Å². The van der Waals surface area contributed by atoms with E-state index in [1.54, 1.807) is 36.4 Å². The van der Waals surface area contributed by atoms with Crippen LogP contribution in [0.1, 0.15) is 31.8 Å². The molecule has 0 aliphatic rings. The standard InChI is InChI=1S/C16H17N3O2/c17-9-11-1-7-14(8-2-11)16(21)19-10-12-3-5-13(6-4-12)15(18)20/h1-8H,9-10,17H2,(H2,18,20)(H,19,21). The number of carbonyl (C=O) groups excluding carboxylic acids is 2. The van der Waals surface area contributed by atoms with E-state index in [1.165, 1.54) is 0 Å². The van der Waals surface area contributed by atoms with Crippen LogP contribution in [-0.4, -0.2) is 11.8 Å². The maximum atomic E-state index is 12.0. The molecule has 0 spiro atoms. The SMILES string of the molecule is NCc1ccc(C(=O)NCc2ccc(C(N)=O)cc2)cc1. The van der Waals surface area contributed by atoms with Gasteiger partial charge in [0.1, 0.15) is 0 Å². The average molecular weight is 283 g/mol. The molecule has 5 heteroatoms. The first-order valence-corrected chi connectivity index (χ1v) is 6.56. The lowest BCUT2D eigenvalue weighted by molar-refractivity contribution is 0.0949. The summed E-state index contributed by atoms with van der Waals surface area (Å²) in [4.78, 5) is 22.9. The highest BCUT2D eigenvalue weighted by Gasteiger charge is 2.05. The molecule has 2 rings (SSSR count). The Labute approximate surface area is 123 Å². The third-order valence-electron chi connectivity index (χ3n) is 3.14. The van der Waals surface area contributed by atoms with Crippen molar-refractivity contribution in [2.75, 3.05) is 0 Å². The fourth-order valence-corrected chi connectivity index (χ4v) is 1.86. The molecule has 0 heterocycles. The molecule has 108 valence electrons. The Morgan fingerprint density at radius 2 is 1.38 bits per heavy atom. The van der Waals surface area contributed by atoms with Crippen LogP contribution in [0.25, 0.3) is 0 Å². The number of hydrogen-bond donors (Lipinski definition) is 3. The zero-order valence-corrected chi connectivity index (χ0v) is 11.5. The quantitative estimate of drug-likeness (QED) is 0.768. The third-order valence-corrected chi connectivity index (χ3v) is 3.14. The van der Waals surface area contributed by atoms with Gasteiger partial charge in [-0.2, -0.15) is 0 Å². The molecule has 0 aliphatic heterocycles. The Kier molecular flexibility index (Phi) is 4.68. The van der Waals surface area contributed by atoms with Gasteiger partial charge in [-0.3, -0.25) is 9.59 Å². The molecule has 5 nitrogen and oxygen atoms in total. The topological polar surface area (TPSA) is 98.2 Å². The molecule has 0 saturated heterocycles. The maximum Gasteiger partial charge on any atom is 0.251 e. The van der Waals surface area contributed by atoms with Crippen LogP contribution in [0.3, 0.4) is 0 Å². The molecule has 0 aliphatic carbocycles. The summed E-state index contributed by atoms with van der Waals surface area (Å²) in [5, 5.41) is 2.82. The number of rotatable bonds is 5. The van der Waals surface area contributed by atoms with Gasteiger partial charge in [-0.15, -0.1) is 0 Å². The number of nitrogens with two attached hydrogens (primary N) is 2. The Hall–Kier alpha value is -2.66. The fraction of sp³-hybridized carbons (Fsp3) is 0.125. The molecule has 0 aromatic heterocycles. The number of primary amides is 1. The number of amides is 2. The number of carbonyl (C=O) groups is 2. The predicted octanol–water partition coefficient (Wildman–Crippen LogP) is 1.17. The van der Waals surface area contributed by atoms with E-state index in [0.29, 0.717) is 24.2 Å². The largest absolute Gasteiger partial charge is 0.366 e. The minimum Gasteiger partial charge on any atom is -0.366 e. The second-order valence-corrected chi connectivity index (χ2v) is 4.64. The molecule has 0 fully saturated rings. The van der Waals surface area contributed by atoms with Crippen LogP contribution in [0.2, 0.25) is 0 Å². The Bertz CT molecular complexity index is 634. The van der Waals surface area contributed by atoms with E-state index in [-0.39, 0.29) is 5.91 Å². The van der Waals surface area contributed by atoms with Gasteiger partial charge in [0, 0.05) is 24.2 Å². The highest BCUT2D eigenvalue weighted by atomic mass is 16.2. The molecule has 0 unspecified atom stereocenters. The maximum absolute atomic E-state index is 12.0. The van der Waals surface area contributed by atoms with Crippen molar-refractivity contribution in [2.45, 2.75) is 13.1 Å². The zero-order chi connectivity index (χ0) is 15.2. The molecule has 2 amide bonds. The lowest BCUT2D eigenvalue weighted by atomic mass is 10.1. The van der Waals surface area contributed by atoms with Crippen LogP contribution in [0, 0.1) is 0 Å². The first-order chi connectivity index (χ1) is 10.1. The molecule has 0 saturated carbocycles. The second kappa shape index (κ2) is 6.67. The van der Waals surface area contributed by atoms with Gasteiger partial charge >= 0.3 is 0 Å². The van der Waals surface area contributed by atoms with E-state index in [2.05, 4.69) is 5.32 Å². The summed E-state index contributed by atoms with van der Waals surface area (Å²) in [7, 11) is 0. The molecular weight excluding hydrogens is 266 g/mol. The molecule has 5 N–H and O–H groups in total. The molecule has 21 heavy (non-hydrogen) atoms. The minimum atomic E-state index is -0.467. The minimum absolute atomic E-state index is 0.155. The summed E-state index contributed by atoms with van der Waals surface area (Å²) in [6.07, 6.45) is 0. The van der Waals surface area contributed by atoms with Crippen molar-refractivity contribution in [3.8, 4) is 0 Å². The zero-order valence-electron chi connectivity index (χ0n) is 11.5. The lowest BCUT2D eigenvalue weighted by Gasteiger charge is -2.06. The summed E-state index contributed by atoms with van der Waals surface area (Å²) in [5.74, 6) is -0.622. The molecule has 0 bridgehead atoms. The number of nitrogens with one attached hydrogen (secondary N) is 1. The third kappa shape index (κ3) is 3.90. The van der Waals surface area contributed by atoms with Gasteiger partial charge in [-0.1, -0.05) is 24.3 Å². The monoisotopic (exact) mass is 283 g/mol. The molecule has 2 aromatic rings. The molecular formula is C16H17N3O2. The van der Waals surface area contributed by atoms with Gasteiger partial charge in [0.2, 0.25) is 5.91 Å². The predicted molar refractivity (Wildman–Crippen MR) is 80.5 cm³/mol. The second-order valence-electron chi connectivity index (χ2n) is 4.64. The van der Waals surface area contributed by atoms with E-state index in [0.717, 1.165) is 11.1 Å². The van der Waals surface area contributed by atoms with Crippen LogP contribution < -0.4 is 16.8 Å². The van der Waals surface area contributed by atoms with E-state index >= 15 is 0 Å². The first-order valence-electron chi connectivity index (χ1n) is 6.56. The van der Waals surface area contributed by atoms with Crippen molar-refractivity contribution in [1.29, 1.82) is 0 Å². The average Bonchev–Trinajstić information content (AvgIpc) is 2.53. The Balaban J connectivity index is 1.95. The van der Waals surface area contributed by atoms with Crippen molar-refractivity contribution < 1.29 is 9.59 Å². The molecule has 0 atom stereocenters. The molecule has 0 radical (unpaired) electrons. The van der Waals surface area contributed by atoms with Crippen molar-refractivity contribution in [2.24, 2.45) is 11.5 Å². The van der Waals surface area contributed by atoms with Crippen LogP contribution >= 0.6 is 0 Å². The van der Waals surface area contributed by atoms with Crippen LogP contribution in [0.4, 0.5) is 0 Å². The fourth-order valence-electron chi connectivity index (χ4n) is 1.86. The van der Waals surface area contributed by atoms with Crippen molar-refractivity contribution in [3.63, 3.8) is 0 Å². The van der Waals surface area contributed by atoms with Crippen molar-refractivity contribution >= 4 is 11.8 Å². The van der Waals surface area contributed by atoms with E-state index < -0.39 is 5.91 Å². The van der Waals surface area contributed by atoms with Crippen LogP contribution in [-0.2, 0) is 13.1 Å². The summed E-state index contributed by atoms with van der Waals surface area (Å²) >= 11 is 0. The van der Waals surface area contributed by atoms with Gasteiger partial charge in [0.25, 0.3) is 5.91 Å². The normalized spacial score (nSPS) is 10.1. The lowest BCUT2D eigenvalue weighted by Crippen LogP contribution is -2.22. The van der Waals surface area contributed by atoms with Crippen molar-refractivity contribution in [3.05, 3.63) is 70.8 Å². The summed E-state index contributed by atoms with van der Waals surface area (Å²) in [6.45, 7) is 0.838. The Morgan fingerprint density at radius 3 is 1.90 bits per heavy atom. The van der Waals surface area contributed by atoms with E-state index in [4.69, 9.17) is 11.5 Å². The number of benzene rings is 2. The summed E-state index contributed by atoms with van der Waals surface area (Å²) in [6, 6.07) is 13.9. The smallest absolute Gasteiger partial charge is 0.251 e. The van der Waals surface area contributed by atoms with Gasteiger partial charge < -0.3 is 16.8 Å². The highest BCUT2D eigenvalue weighted by molar-refractivity contribution is 5.94. The van der Waals surface area contributed by atoms with Crippen LogP contribution in [0.5, 0.6) is 0 Å². The van der Waals surface area contributed by atoms with E-state index in [1.807, 2.05) is 12.1 Å². The summed E-state index contributed by atoms with van der Waals surface area (Å²) in [5.41, 5.74) is 13.6. The van der Waals surface area contributed by atoms with Gasteiger partial charge in [-0.05, 0) is 35.4 Å². The highest BCUT2D eigenvalue weighted by Crippen LogP contribution is 2.06. The Morgan fingerprint density at radius 1 is 0.857 bits per heavy atom. The van der Waals surface area contributed by atoms with E-state index in [9.17, 15) is 9.59 Å². The van der Waals surface area contributed by atoms with Gasteiger partial charge in [0.05, 0.1) is 0 Å².